The average Bonchev–Trinajstić information content (AvgIpc) is 2.64. The summed E-state index contributed by atoms with van der Waals surface area (Å²) in [4.78, 5) is 27.8. The minimum Gasteiger partial charge on any atom is -0.342 e. The summed E-state index contributed by atoms with van der Waals surface area (Å²) in [5.74, 6) is -0.349. The molecule has 0 aliphatic rings. The number of halogens is 1. The van der Waals surface area contributed by atoms with Gasteiger partial charge in [0.15, 0.2) is 0 Å². The van der Waals surface area contributed by atoms with Gasteiger partial charge in [-0.2, -0.15) is 0 Å². The highest BCUT2D eigenvalue weighted by Gasteiger charge is 2.16. The minimum absolute atomic E-state index is 0.00766. The van der Waals surface area contributed by atoms with Crippen LogP contribution < -0.4 is 4.90 Å². The predicted octanol–water partition coefficient (Wildman–Crippen LogP) is 3.66. The molecule has 0 aliphatic heterocycles. The monoisotopic (exact) mass is 356 g/mol. The highest BCUT2D eigenvalue weighted by atomic mass is 19.1. The van der Waals surface area contributed by atoms with Crippen molar-refractivity contribution in [1.29, 1.82) is 0 Å². The molecule has 0 aliphatic carbocycles. The highest BCUT2D eigenvalue weighted by Crippen LogP contribution is 2.14. The summed E-state index contributed by atoms with van der Waals surface area (Å²) in [5, 5.41) is 0. The third kappa shape index (κ3) is 5.69. The van der Waals surface area contributed by atoms with E-state index < -0.39 is 0 Å². The number of nitrogens with zero attached hydrogens (tertiary/aromatic N) is 2. The summed E-state index contributed by atoms with van der Waals surface area (Å²) in [6.45, 7) is 4.90. The van der Waals surface area contributed by atoms with Crippen molar-refractivity contribution in [3.05, 3.63) is 66.0 Å². The lowest BCUT2D eigenvalue weighted by Crippen LogP contribution is -2.37. The van der Waals surface area contributed by atoms with Gasteiger partial charge in [0.05, 0.1) is 0 Å². The molecule has 0 N–H and O–H groups in total. The number of amides is 2. The summed E-state index contributed by atoms with van der Waals surface area (Å²) >= 11 is 0. The zero-order valence-electron chi connectivity index (χ0n) is 15.3. The van der Waals surface area contributed by atoms with Crippen LogP contribution in [0.4, 0.5) is 10.1 Å². The van der Waals surface area contributed by atoms with Gasteiger partial charge in [-0.25, -0.2) is 4.39 Å². The highest BCUT2D eigenvalue weighted by molar-refractivity contribution is 5.93. The van der Waals surface area contributed by atoms with Gasteiger partial charge < -0.3 is 9.80 Å². The van der Waals surface area contributed by atoms with Gasteiger partial charge in [-0.1, -0.05) is 30.3 Å². The quantitative estimate of drug-likeness (QED) is 0.724. The fourth-order valence-electron chi connectivity index (χ4n) is 2.82. The van der Waals surface area contributed by atoms with Crippen LogP contribution in [0.5, 0.6) is 0 Å². The van der Waals surface area contributed by atoms with E-state index in [9.17, 15) is 14.0 Å². The Morgan fingerprint density at radius 2 is 1.62 bits per heavy atom. The molecule has 5 heteroatoms. The van der Waals surface area contributed by atoms with Gasteiger partial charge in [0.25, 0.3) is 0 Å². The van der Waals surface area contributed by atoms with Crippen LogP contribution >= 0.6 is 0 Å². The van der Waals surface area contributed by atoms with Crippen LogP contribution in [0.25, 0.3) is 0 Å². The maximum atomic E-state index is 13.0. The number of carbonyl (C=O) groups is 2. The second kappa shape index (κ2) is 9.70. The minimum atomic E-state index is -0.275. The Bertz CT molecular complexity index is 717. The Morgan fingerprint density at radius 3 is 2.19 bits per heavy atom. The van der Waals surface area contributed by atoms with E-state index in [0.717, 1.165) is 11.3 Å². The van der Waals surface area contributed by atoms with Gasteiger partial charge in [-0.15, -0.1) is 0 Å². The van der Waals surface area contributed by atoms with Gasteiger partial charge in [0, 0.05) is 38.7 Å². The summed E-state index contributed by atoms with van der Waals surface area (Å²) < 4.78 is 13.0. The lowest BCUT2D eigenvalue weighted by atomic mass is 10.1. The van der Waals surface area contributed by atoms with Crippen molar-refractivity contribution >= 4 is 17.5 Å². The molecule has 26 heavy (non-hydrogen) atoms. The summed E-state index contributed by atoms with van der Waals surface area (Å²) in [7, 11) is 0. The Hall–Kier alpha value is -2.69. The first-order valence-corrected chi connectivity index (χ1v) is 8.86. The van der Waals surface area contributed by atoms with Crippen LogP contribution in [-0.4, -0.2) is 36.3 Å². The molecule has 0 bridgehead atoms. The SMILES string of the molecule is CCN(C(=O)CCN(CCc1ccc(F)cc1)C(C)=O)c1ccccc1. The van der Waals surface area contributed by atoms with Gasteiger partial charge in [-0.05, 0) is 43.2 Å². The summed E-state index contributed by atoms with van der Waals surface area (Å²) in [5.41, 5.74) is 1.82. The van der Waals surface area contributed by atoms with Crippen LogP contribution in [-0.2, 0) is 16.0 Å². The van der Waals surface area contributed by atoms with Crippen molar-refractivity contribution in [3.8, 4) is 0 Å². The van der Waals surface area contributed by atoms with Crippen LogP contribution in [0.1, 0.15) is 25.8 Å². The Balaban J connectivity index is 1.91. The lowest BCUT2D eigenvalue weighted by Gasteiger charge is -2.24. The van der Waals surface area contributed by atoms with E-state index in [1.165, 1.54) is 19.1 Å². The Labute approximate surface area is 154 Å². The largest absolute Gasteiger partial charge is 0.342 e. The molecule has 0 aromatic heterocycles. The number of carbonyl (C=O) groups excluding carboxylic acids is 2. The molecule has 0 spiro atoms. The van der Waals surface area contributed by atoms with Gasteiger partial charge in [0.2, 0.25) is 11.8 Å². The molecule has 138 valence electrons. The van der Waals surface area contributed by atoms with Gasteiger partial charge in [-0.3, -0.25) is 9.59 Å². The van der Waals surface area contributed by atoms with E-state index in [1.54, 1.807) is 21.9 Å². The standard InChI is InChI=1S/C21H25FN2O2/c1-3-24(20-7-5-4-6-8-20)21(26)14-16-23(17(2)25)15-13-18-9-11-19(22)12-10-18/h4-12H,3,13-16H2,1-2H3. The fourth-order valence-corrected chi connectivity index (χ4v) is 2.82. The van der Waals surface area contributed by atoms with E-state index in [1.807, 2.05) is 37.3 Å². The molecule has 0 heterocycles. The maximum Gasteiger partial charge on any atom is 0.228 e. The number of hydrogen-bond donors (Lipinski definition) is 0. The number of benzene rings is 2. The molecule has 4 nitrogen and oxygen atoms in total. The smallest absolute Gasteiger partial charge is 0.228 e. The number of hydrogen-bond acceptors (Lipinski definition) is 2. The molecule has 0 atom stereocenters. The van der Waals surface area contributed by atoms with E-state index in [0.29, 0.717) is 26.1 Å². The van der Waals surface area contributed by atoms with Crippen molar-refractivity contribution in [2.75, 3.05) is 24.5 Å². The van der Waals surface area contributed by atoms with Crippen molar-refractivity contribution < 1.29 is 14.0 Å². The fraction of sp³-hybridized carbons (Fsp3) is 0.333. The molecule has 0 fully saturated rings. The van der Waals surface area contributed by atoms with E-state index >= 15 is 0 Å². The van der Waals surface area contributed by atoms with Crippen molar-refractivity contribution in [2.24, 2.45) is 0 Å². The molecule has 0 radical (unpaired) electrons. The van der Waals surface area contributed by atoms with Crippen molar-refractivity contribution in [2.45, 2.75) is 26.7 Å². The summed E-state index contributed by atoms with van der Waals surface area (Å²) in [6.07, 6.45) is 0.899. The normalized spacial score (nSPS) is 10.4. The first kappa shape index (κ1) is 19.6. The summed E-state index contributed by atoms with van der Waals surface area (Å²) in [6, 6.07) is 15.8. The zero-order chi connectivity index (χ0) is 18.9. The molecule has 2 amide bonds. The molecule has 0 saturated heterocycles. The Morgan fingerprint density at radius 1 is 0.962 bits per heavy atom. The van der Waals surface area contributed by atoms with E-state index in [2.05, 4.69) is 0 Å². The second-order valence-electron chi connectivity index (χ2n) is 6.11. The number of para-hydroxylation sites is 1. The first-order chi connectivity index (χ1) is 12.5. The predicted molar refractivity (Wildman–Crippen MR) is 101 cm³/mol. The Kier molecular flexibility index (Phi) is 7.33. The van der Waals surface area contributed by atoms with Crippen LogP contribution in [0.2, 0.25) is 0 Å². The lowest BCUT2D eigenvalue weighted by molar-refractivity contribution is -0.129. The van der Waals surface area contributed by atoms with Crippen LogP contribution in [0, 0.1) is 5.82 Å². The molecule has 2 rings (SSSR count). The molecular formula is C21H25FN2O2. The van der Waals surface area contributed by atoms with E-state index in [4.69, 9.17) is 0 Å². The van der Waals surface area contributed by atoms with Crippen molar-refractivity contribution in [3.63, 3.8) is 0 Å². The third-order valence-corrected chi connectivity index (χ3v) is 4.31. The molecule has 2 aromatic carbocycles. The van der Waals surface area contributed by atoms with Gasteiger partial charge in [0.1, 0.15) is 5.82 Å². The van der Waals surface area contributed by atoms with Gasteiger partial charge >= 0.3 is 0 Å². The molecule has 0 unspecified atom stereocenters. The molecular weight excluding hydrogens is 331 g/mol. The number of rotatable bonds is 8. The maximum absolute atomic E-state index is 13.0. The average molecular weight is 356 g/mol. The van der Waals surface area contributed by atoms with Crippen LogP contribution in [0.3, 0.4) is 0 Å². The molecule has 2 aromatic rings. The van der Waals surface area contributed by atoms with Crippen molar-refractivity contribution in [1.82, 2.24) is 4.90 Å². The number of anilines is 1. The second-order valence-corrected chi connectivity index (χ2v) is 6.11. The first-order valence-electron chi connectivity index (χ1n) is 8.86. The van der Waals surface area contributed by atoms with Crippen LogP contribution in [0.15, 0.2) is 54.6 Å². The third-order valence-electron chi connectivity index (χ3n) is 4.31. The topological polar surface area (TPSA) is 40.6 Å². The zero-order valence-corrected chi connectivity index (χ0v) is 15.3. The molecule has 0 saturated carbocycles. The van der Waals surface area contributed by atoms with E-state index in [-0.39, 0.29) is 24.1 Å².